The number of halogens is 1. The van der Waals surface area contributed by atoms with Gasteiger partial charge in [0.1, 0.15) is 5.82 Å². The van der Waals surface area contributed by atoms with E-state index in [4.69, 9.17) is 0 Å². The van der Waals surface area contributed by atoms with Gasteiger partial charge in [-0.3, -0.25) is 4.79 Å². The van der Waals surface area contributed by atoms with Crippen molar-refractivity contribution in [1.82, 2.24) is 0 Å². The largest absolute Gasteiger partial charge is 0.321 e. The first-order valence-electron chi connectivity index (χ1n) is 10.7. The van der Waals surface area contributed by atoms with Gasteiger partial charge in [0, 0.05) is 9.79 Å². The number of aryl methyl sites for hydroxylation is 2. The normalized spacial score (nSPS) is 12.5. The summed E-state index contributed by atoms with van der Waals surface area (Å²) in [4.78, 5) is 14.2. The van der Waals surface area contributed by atoms with Crippen LogP contribution in [0.25, 0.3) is 11.1 Å². The summed E-state index contributed by atoms with van der Waals surface area (Å²) in [7, 11) is 0. The Kier molecular flexibility index (Phi) is 5.78. The monoisotopic (exact) mass is 439 g/mol. The zero-order valence-corrected chi connectivity index (χ0v) is 18.3. The number of carbonyl (C=O) groups is 1. The van der Waals surface area contributed by atoms with Crippen molar-refractivity contribution < 1.29 is 9.18 Å². The smallest absolute Gasteiger partial charge is 0.256 e. The lowest BCUT2D eigenvalue weighted by molar-refractivity contribution is 0.102. The molecule has 0 fully saturated rings. The van der Waals surface area contributed by atoms with Gasteiger partial charge in [-0.1, -0.05) is 72.4 Å². The molecule has 1 amide bonds. The quantitative estimate of drug-likeness (QED) is 0.351. The van der Waals surface area contributed by atoms with E-state index in [0.717, 1.165) is 29.8 Å². The molecule has 0 atom stereocenters. The zero-order chi connectivity index (χ0) is 21.9. The molecular weight excluding hydrogens is 417 g/mol. The Balaban J connectivity index is 1.24. The second-order valence-corrected chi connectivity index (χ2v) is 9.03. The second kappa shape index (κ2) is 9.01. The van der Waals surface area contributed by atoms with Crippen LogP contribution < -0.4 is 5.32 Å². The molecule has 0 saturated carbocycles. The Labute approximate surface area is 191 Å². The van der Waals surface area contributed by atoms with E-state index < -0.39 is 0 Å². The molecule has 32 heavy (non-hydrogen) atoms. The summed E-state index contributed by atoms with van der Waals surface area (Å²) in [5.41, 5.74) is 6.26. The molecule has 1 aliphatic rings. The lowest BCUT2D eigenvalue weighted by atomic mass is 10.0. The topological polar surface area (TPSA) is 29.1 Å². The summed E-state index contributed by atoms with van der Waals surface area (Å²) in [6.07, 6.45) is 2.95. The van der Waals surface area contributed by atoms with Crippen molar-refractivity contribution in [1.29, 1.82) is 0 Å². The van der Waals surface area contributed by atoms with Gasteiger partial charge in [0.25, 0.3) is 5.91 Å². The van der Waals surface area contributed by atoms with E-state index in [0.29, 0.717) is 10.5 Å². The maximum Gasteiger partial charge on any atom is 0.256 e. The van der Waals surface area contributed by atoms with Crippen molar-refractivity contribution >= 4 is 23.4 Å². The van der Waals surface area contributed by atoms with Crippen LogP contribution in [0, 0.1) is 5.82 Å². The van der Waals surface area contributed by atoms with Crippen LogP contribution in [0.15, 0.2) is 101 Å². The van der Waals surface area contributed by atoms with Crippen molar-refractivity contribution in [3.63, 3.8) is 0 Å². The van der Waals surface area contributed by atoms with Gasteiger partial charge in [-0.2, -0.15) is 0 Å². The number of hydrogen-bond acceptors (Lipinski definition) is 2. The SMILES string of the molecule is O=C1Nc2cc(CCCc3ccc(-c4ccccc4)cc3)ccc2Sc2cc(F)ccc21. The minimum Gasteiger partial charge on any atom is -0.321 e. The predicted octanol–water partition coefficient (Wildman–Crippen LogP) is 7.38. The van der Waals surface area contributed by atoms with E-state index in [1.807, 2.05) is 18.2 Å². The van der Waals surface area contributed by atoms with Crippen LogP contribution in [0.4, 0.5) is 10.1 Å². The van der Waals surface area contributed by atoms with Crippen LogP contribution in [0.1, 0.15) is 27.9 Å². The van der Waals surface area contributed by atoms with Gasteiger partial charge in [-0.05, 0) is 71.8 Å². The second-order valence-electron chi connectivity index (χ2n) is 7.94. The Morgan fingerprint density at radius 2 is 1.44 bits per heavy atom. The van der Waals surface area contributed by atoms with Crippen LogP contribution in [-0.2, 0) is 12.8 Å². The third-order valence-electron chi connectivity index (χ3n) is 5.69. The highest BCUT2D eigenvalue weighted by atomic mass is 32.2. The molecule has 4 aromatic carbocycles. The molecule has 0 saturated heterocycles. The molecule has 0 radical (unpaired) electrons. The van der Waals surface area contributed by atoms with Gasteiger partial charge in [0.05, 0.1) is 11.3 Å². The Morgan fingerprint density at radius 3 is 2.25 bits per heavy atom. The fourth-order valence-corrected chi connectivity index (χ4v) is 5.02. The van der Waals surface area contributed by atoms with Crippen LogP contribution in [-0.4, -0.2) is 5.91 Å². The maximum atomic E-state index is 13.6. The van der Waals surface area contributed by atoms with E-state index in [1.165, 1.54) is 46.1 Å². The third-order valence-corrected chi connectivity index (χ3v) is 6.83. The highest BCUT2D eigenvalue weighted by molar-refractivity contribution is 7.99. The van der Waals surface area contributed by atoms with Crippen LogP contribution in [0.3, 0.4) is 0 Å². The van der Waals surface area contributed by atoms with E-state index in [9.17, 15) is 9.18 Å². The highest BCUT2D eigenvalue weighted by Crippen LogP contribution is 2.39. The van der Waals surface area contributed by atoms with Gasteiger partial charge in [0.15, 0.2) is 0 Å². The molecule has 4 aromatic rings. The fraction of sp³-hybridized carbons (Fsp3) is 0.107. The number of benzene rings is 4. The molecule has 2 nitrogen and oxygen atoms in total. The standard InChI is InChI=1S/C28H22FNOS/c29-23-14-15-24-27(18-23)32-26-16-11-20(17-25(26)30-28(24)31)6-4-5-19-9-12-22(13-10-19)21-7-2-1-3-8-21/h1-3,7-18H,4-6H2,(H,30,31). The third kappa shape index (κ3) is 4.46. The molecule has 0 aromatic heterocycles. The molecule has 0 aliphatic carbocycles. The fourth-order valence-electron chi connectivity index (χ4n) is 3.99. The molecule has 1 heterocycles. The van der Waals surface area contributed by atoms with Crippen LogP contribution in [0.5, 0.6) is 0 Å². The zero-order valence-electron chi connectivity index (χ0n) is 17.5. The van der Waals surface area contributed by atoms with Gasteiger partial charge in [-0.25, -0.2) is 4.39 Å². The number of rotatable bonds is 5. The van der Waals surface area contributed by atoms with Crippen molar-refractivity contribution in [2.75, 3.05) is 5.32 Å². The Morgan fingerprint density at radius 1 is 0.719 bits per heavy atom. The first-order valence-corrected chi connectivity index (χ1v) is 11.5. The first kappa shape index (κ1) is 20.5. The number of nitrogens with one attached hydrogen (secondary N) is 1. The minimum absolute atomic E-state index is 0.193. The number of hydrogen-bond donors (Lipinski definition) is 1. The number of amides is 1. The molecule has 5 rings (SSSR count). The average molecular weight is 440 g/mol. The summed E-state index contributed by atoms with van der Waals surface area (Å²) in [6, 6.07) is 29.6. The van der Waals surface area contributed by atoms with Crippen molar-refractivity contribution in [2.24, 2.45) is 0 Å². The molecular formula is C28H22FNOS. The highest BCUT2D eigenvalue weighted by Gasteiger charge is 2.20. The maximum absolute atomic E-state index is 13.6. The predicted molar refractivity (Wildman–Crippen MR) is 129 cm³/mol. The van der Waals surface area contributed by atoms with Gasteiger partial charge < -0.3 is 5.32 Å². The number of fused-ring (bicyclic) bond motifs is 2. The van der Waals surface area contributed by atoms with Gasteiger partial charge >= 0.3 is 0 Å². The van der Waals surface area contributed by atoms with E-state index in [2.05, 4.69) is 59.9 Å². The summed E-state index contributed by atoms with van der Waals surface area (Å²) >= 11 is 1.43. The summed E-state index contributed by atoms with van der Waals surface area (Å²) in [6.45, 7) is 0. The summed E-state index contributed by atoms with van der Waals surface area (Å²) in [5.74, 6) is -0.525. The minimum atomic E-state index is -0.332. The van der Waals surface area contributed by atoms with Crippen LogP contribution >= 0.6 is 11.8 Å². The van der Waals surface area contributed by atoms with E-state index >= 15 is 0 Å². The van der Waals surface area contributed by atoms with Crippen molar-refractivity contribution in [2.45, 2.75) is 29.1 Å². The lowest BCUT2D eigenvalue weighted by Gasteiger charge is -2.09. The van der Waals surface area contributed by atoms with Gasteiger partial charge in [0.2, 0.25) is 0 Å². The van der Waals surface area contributed by atoms with Crippen LogP contribution in [0.2, 0.25) is 0 Å². The molecule has 0 bridgehead atoms. The van der Waals surface area contributed by atoms with E-state index in [-0.39, 0.29) is 11.7 Å². The molecule has 0 spiro atoms. The van der Waals surface area contributed by atoms with Crippen molar-refractivity contribution in [3.05, 3.63) is 114 Å². The summed E-state index contributed by atoms with van der Waals surface area (Å²) < 4.78 is 13.6. The number of anilines is 1. The molecule has 4 heteroatoms. The molecule has 158 valence electrons. The number of carbonyl (C=O) groups excluding carboxylic acids is 1. The lowest BCUT2D eigenvalue weighted by Crippen LogP contribution is -2.11. The first-order chi connectivity index (χ1) is 15.7. The molecule has 1 N–H and O–H groups in total. The molecule has 0 unspecified atom stereocenters. The Bertz CT molecular complexity index is 1270. The summed E-state index contributed by atoms with van der Waals surface area (Å²) in [5, 5.41) is 2.99. The van der Waals surface area contributed by atoms with Gasteiger partial charge in [-0.15, -0.1) is 0 Å². The average Bonchev–Trinajstić information content (AvgIpc) is 2.95. The van der Waals surface area contributed by atoms with E-state index in [1.54, 1.807) is 6.07 Å². The Hall–Kier alpha value is -3.37. The van der Waals surface area contributed by atoms with Crippen molar-refractivity contribution in [3.8, 4) is 11.1 Å². The molecule has 1 aliphatic heterocycles.